The van der Waals surface area contributed by atoms with Crippen LogP contribution >= 0.6 is 0 Å². The molecule has 0 saturated carbocycles. The fraction of sp³-hybridized carbons (Fsp3) is 0.889. The number of aliphatic imine (C=N–C) groups is 1. The van der Waals surface area contributed by atoms with Gasteiger partial charge in [0.15, 0.2) is 0 Å². The van der Waals surface area contributed by atoms with Crippen LogP contribution in [0.15, 0.2) is 4.99 Å². The summed E-state index contributed by atoms with van der Waals surface area (Å²) < 4.78 is 0. The Bertz CT molecular complexity index is 165. The van der Waals surface area contributed by atoms with Crippen LogP contribution in [0.5, 0.6) is 0 Å². The molecule has 0 atom stereocenters. The van der Waals surface area contributed by atoms with E-state index in [0.29, 0.717) is 5.41 Å². The van der Waals surface area contributed by atoms with Crippen molar-refractivity contribution in [1.82, 2.24) is 4.90 Å². The van der Waals surface area contributed by atoms with E-state index in [-0.39, 0.29) is 0 Å². The molecule has 0 radical (unpaired) electrons. The van der Waals surface area contributed by atoms with Crippen LogP contribution in [0.3, 0.4) is 0 Å². The highest BCUT2D eigenvalue weighted by atomic mass is 15.2. The number of likely N-dealkylation sites (N-methyl/N-ethyl adjacent to an activating group) is 1. The lowest BCUT2D eigenvalue weighted by Crippen LogP contribution is -2.26. The van der Waals surface area contributed by atoms with Gasteiger partial charge in [0.2, 0.25) is 0 Å². The van der Waals surface area contributed by atoms with Crippen LogP contribution in [0.25, 0.3) is 0 Å². The van der Waals surface area contributed by atoms with Gasteiger partial charge >= 0.3 is 0 Å². The second-order valence-corrected chi connectivity index (χ2v) is 4.46. The molecule has 64 valence electrons. The lowest BCUT2D eigenvalue weighted by molar-refractivity contribution is 0.410. The lowest BCUT2D eigenvalue weighted by atomic mass is 9.91. The molecule has 0 aromatic carbocycles. The van der Waals surface area contributed by atoms with Gasteiger partial charge in [0.1, 0.15) is 0 Å². The molecule has 11 heavy (non-hydrogen) atoms. The molecule has 2 nitrogen and oxygen atoms in total. The summed E-state index contributed by atoms with van der Waals surface area (Å²) in [5, 5.41) is 0. The van der Waals surface area contributed by atoms with Gasteiger partial charge in [0, 0.05) is 20.0 Å². The van der Waals surface area contributed by atoms with E-state index < -0.39 is 0 Å². The van der Waals surface area contributed by atoms with Crippen LogP contribution in [0, 0.1) is 5.41 Å². The Labute approximate surface area is 69.3 Å². The lowest BCUT2D eigenvalue weighted by Gasteiger charge is -2.22. The van der Waals surface area contributed by atoms with Crippen molar-refractivity contribution in [3.8, 4) is 0 Å². The van der Waals surface area contributed by atoms with Crippen molar-refractivity contribution in [3.63, 3.8) is 0 Å². The van der Waals surface area contributed by atoms with Crippen molar-refractivity contribution in [2.75, 3.05) is 20.1 Å². The summed E-state index contributed by atoms with van der Waals surface area (Å²) in [5.41, 5.74) is 0.372. The van der Waals surface area contributed by atoms with E-state index in [1.54, 1.807) is 0 Å². The van der Waals surface area contributed by atoms with Crippen molar-refractivity contribution in [2.45, 2.75) is 27.2 Å². The molecule has 0 fully saturated rings. The largest absolute Gasteiger partial charge is 0.362 e. The number of hydrogen-bond acceptors (Lipinski definition) is 2. The van der Waals surface area contributed by atoms with Crippen LogP contribution < -0.4 is 0 Å². The van der Waals surface area contributed by atoms with Gasteiger partial charge in [-0.2, -0.15) is 0 Å². The molecule has 1 aliphatic heterocycles. The first-order valence-electron chi connectivity index (χ1n) is 4.23. The Hall–Kier alpha value is -0.530. The Morgan fingerprint density at radius 3 is 2.45 bits per heavy atom. The topological polar surface area (TPSA) is 15.6 Å². The molecule has 0 saturated heterocycles. The maximum atomic E-state index is 4.44. The number of amidine groups is 1. The highest BCUT2D eigenvalue weighted by Crippen LogP contribution is 2.21. The fourth-order valence-electron chi connectivity index (χ4n) is 1.24. The van der Waals surface area contributed by atoms with Gasteiger partial charge in [-0.15, -0.1) is 0 Å². The van der Waals surface area contributed by atoms with Gasteiger partial charge < -0.3 is 4.90 Å². The highest BCUT2D eigenvalue weighted by Gasteiger charge is 2.19. The number of hydrogen-bond donors (Lipinski definition) is 0. The predicted octanol–water partition coefficient (Wildman–Crippen LogP) is 1.77. The van der Waals surface area contributed by atoms with Gasteiger partial charge in [0.25, 0.3) is 0 Å². The summed E-state index contributed by atoms with van der Waals surface area (Å²) in [6.07, 6.45) is 1.10. The van der Waals surface area contributed by atoms with E-state index in [1.165, 1.54) is 5.84 Å². The van der Waals surface area contributed by atoms with Crippen LogP contribution in [0.2, 0.25) is 0 Å². The first kappa shape index (κ1) is 8.57. The Morgan fingerprint density at radius 2 is 2.09 bits per heavy atom. The van der Waals surface area contributed by atoms with E-state index in [1.807, 2.05) is 0 Å². The van der Waals surface area contributed by atoms with Crippen LogP contribution in [-0.2, 0) is 0 Å². The van der Waals surface area contributed by atoms with E-state index in [9.17, 15) is 0 Å². The van der Waals surface area contributed by atoms with Crippen LogP contribution in [-0.4, -0.2) is 30.9 Å². The predicted molar refractivity (Wildman–Crippen MR) is 49.0 cm³/mol. The van der Waals surface area contributed by atoms with Gasteiger partial charge in [-0.25, -0.2) is 0 Å². The summed E-state index contributed by atoms with van der Waals surface area (Å²) in [6.45, 7) is 8.85. The molecule has 0 aromatic heterocycles. The molecule has 0 spiro atoms. The highest BCUT2D eigenvalue weighted by molar-refractivity contribution is 5.83. The summed E-state index contributed by atoms with van der Waals surface area (Å²) in [4.78, 5) is 6.70. The summed E-state index contributed by atoms with van der Waals surface area (Å²) in [6, 6.07) is 0. The molecule has 1 aliphatic rings. The van der Waals surface area contributed by atoms with Crippen molar-refractivity contribution in [1.29, 1.82) is 0 Å². The van der Waals surface area contributed by atoms with Crippen molar-refractivity contribution in [2.24, 2.45) is 10.4 Å². The minimum Gasteiger partial charge on any atom is -0.362 e. The summed E-state index contributed by atoms with van der Waals surface area (Å²) in [5.74, 6) is 1.28. The third-order valence-electron chi connectivity index (χ3n) is 1.86. The molecule has 0 aliphatic carbocycles. The normalized spacial score (nSPS) is 18.9. The fourth-order valence-corrected chi connectivity index (χ4v) is 1.24. The Balaban J connectivity index is 2.49. The third-order valence-corrected chi connectivity index (χ3v) is 1.86. The first-order chi connectivity index (χ1) is 4.99. The van der Waals surface area contributed by atoms with Crippen molar-refractivity contribution in [3.05, 3.63) is 0 Å². The van der Waals surface area contributed by atoms with E-state index in [0.717, 1.165) is 19.5 Å². The molecule has 1 rings (SSSR count). The van der Waals surface area contributed by atoms with Gasteiger partial charge in [0.05, 0.1) is 12.4 Å². The quantitative estimate of drug-likeness (QED) is 0.562. The maximum Gasteiger partial charge on any atom is 0.0993 e. The van der Waals surface area contributed by atoms with Crippen molar-refractivity contribution < 1.29 is 0 Å². The zero-order valence-electron chi connectivity index (χ0n) is 8.02. The molecule has 0 bridgehead atoms. The second-order valence-electron chi connectivity index (χ2n) is 4.46. The minimum absolute atomic E-state index is 0.372. The van der Waals surface area contributed by atoms with E-state index >= 15 is 0 Å². The smallest absolute Gasteiger partial charge is 0.0993 e. The average Bonchev–Trinajstić information content (AvgIpc) is 2.12. The first-order valence-corrected chi connectivity index (χ1v) is 4.23. The Kier molecular flexibility index (Phi) is 2.21. The molecule has 0 N–H and O–H groups in total. The standard InChI is InChI=1S/C9H18N2/c1-9(2,3)7-8-10-5-6-11(8)4/h5-7H2,1-4H3. The molecular formula is C9H18N2. The van der Waals surface area contributed by atoms with E-state index in [2.05, 4.69) is 37.7 Å². The molecule has 2 heteroatoms. The van der Waals surface area contributed by atoms with Crippen LogP contribution in [0.1, 0.15) is 27.2 Å². The zero-order valence-corrected chi connectivity index (χ0v) is 8.02. The molecular weight excluding hydrogens is 136 g/mol. The molecule has 0 unspecified atom stereocenters. The summed E-state index contributed by atoms with van der Waals surface area (Å²) >= 11 is 0. The van der Waals surface area contributed by atoms with Gasteiger partial charge in [-0.1, -0.05) is 20.8 Å². The summed E-state index contributed by atoms with van der Waals surface area (Å²) in [7, 11) is 2.12. The van der Waals surface area contributed by atoms with Gasteiger partial charge in [-0.3, -0.25) is 4.99 Å². The second kappa shape index (κ2) is 2.84. The monoisotopic (exact) mass is 154 g/mol. The van der Waals surface area contributed by atoms with Crippen molar-refractivity contribution >= 4 is 5.84 Å². The molecule has 1 heterocycles. The zero-order chi connectivity index (χ0) is 8.48. The molecule has 0 amide bonds. The maximum absolute atomic E-state index is 4.44. The third kappa shape index (κ3) is 2.52. The number of nitrogens with zero attached hydrogens (tertiary/aromatic N) is 2. The molecule has 0 aromatic rings. The minimum atomic E-state index is 0.372. The SMILES string of the molecule is CN1CCN=C1CC(C)(C)C. The van der Waals surface area contributed by atoms with Crippen LogP contribution in [0.4, 0.5) is 0 Å². The van der Waals surface area contributed by atoms with Gasteiger partial charge in [-0.05, 0) is 5.41 Å². The van der Waals surface area contributed by atoms with E-state index in [4.69, 9.17) is 0 Å². The number of rotatable bonds is 1. The average molecular weight is 154 g/mol. The Morgan fingerprint density at radius 1 is 1.45 bits per heavy atom.